The van der Waals surface area contributed by atoms with Crippen molar-refractivity contribution < 1.29 is 9.53 Å². The van der Waals surface area contributed by atoms with Crippen molar-refractivity contribution in [1.29, 1.82) is 0 Å². The monoisotopic (exact) mass is 202 g/mol. The summed E-state index contributed by atoms with van der Waals surface area (Å²) in [5.41, 5.74) is 1.08. The highest BCUT2D eigenvalue weighted by Crippen LogP contribution is 2.16. The molecule has 1 aliphatic rings. The van der Waals surface area contributed by atoms with Crippen LogP contribution in [0.2, 0.25) is 0 Å². The lowest BCUT2D eigenvalue weighted by molar-refractivity contribution is -0.113. The Morgan fingerprint density at radius 3 is 2.60 bits per heavy atom. The van der Waals surface area contributed by atoms with Gasteiger partial charge >= 0.3 is 0 Å². The van der Waals surface area contributed by atoms with Gasteiger partial charge in [0.1, 0.15) is 0 Å². The number of benzene rings is 1. The summed E-state index contributed by atoms with van der Waals surface area (Å²) in [6.45, 7) is 0. The largest absolute Gasteiger partial charge is 0.493 e. The Bertz CT molecular complexity index is 435. The van der Waals surface area contributed by atoms with Gasteiger partial charge in [0.2, 0.25) is 0 Å². The standard InChI is InChI=1S/C11H10N2O2/c1-15-9-7-12-10(9)11(14)13-8-5-3-2-4-6-8/h2-7H,1H3,(H,13,14). The van der Waals surface area contributed by atoms with Gasteiger partial charge in [0.25, 0.3) is 5.91 Å². The molecule has 0 bridgehead atoms. The van der Waals surface area contributed by atoms with Crippen LogP contribution in [-0.4, -0.2) is 19.2 Å². The van der Waals surface area contributed by atoms with E-state index in [1.807, 2.05) is 30.3 Å². The van der Waals surface area contributed by atoms with Crippen molar-refractivity contribution in [2.24, 2.45) is 4.99 Å². The van der Waals surface area contributed by atoms with Crippen LogP contribution in [0.25, 0.3) is 0 Å². The van der Waals surface area contributed by atoms with Gasteiger partial charge in [-0.1, -0.05) is 18.2 Å². The molecule has 0 saturated heterocycles. The summed E-state index contributed by atoms with van der Waals surface area (Å²) in [6.07, 6.45) is 1.51. The molecule has 76 valence electrons. The zero-order valence-corrected chi connectivity index (χ0v) is 8.23. The molecule has 15 heavy (non-hydrogen) atoms. The Hall–Kier alpha value is -2.10. The number of allylic oxidation sites excluding steroid dienone is 1. The van der Waals surface area contributed by atoms with Gasteiger partial charge in [0, 0.05) is 5.69 Å². The molecule has 0 spiro atoms. The summed E-state index contributed by atoms with van der Waals surface area (Å²) in [4.78, 5) is 15.4. The van der Waals surface area contributed by atoms with E-state index in [4.69, 9.17) is 4.74 Å². The van der Waals surface area contributed by atoms with Gasteiger partial charge in [-0.15, -0.1) is 0 Å². The smallest absolute Gasteiger partial charge is 0.278 e. The molecule has 1 amide bonds. The minimum absolute atomic E-state index is 0.249. The van der Waals surface area contributed by atoms with Gasteiger partial charge < -0.3 is 10.1 Å². The van der Waals surface area contributed by atoms with Crippen molar-refractivity contribution in [1.82, 2.24) is 0 Å². The minimum atomic E-state index is -0.249. The van der Waals surface area contributed by atoms with Gasteiger partial charge in [-0.25, -0.2) is 4.99 Å². The minimum Gasteiger partial charge on any atom is -0.493 e. The van der Waals surface area contributed by atoms with Crippen molar-refractivity contribution in [3.05, 3.63) is 41.8 Å². The number of amides is 1. The van der Waals surface area contributed by atoms with E-state index in [1.165, 1.54) is 13.3 Å². The lowest BCUT2D eigenvalue weighted by Gasteiger charge is -2.13. The SMILES string of the molecule is COC1=C(C(=O)Nc2ccccc2)N=C1. The number of carbonyl (C=O) groups is 1. The van der Waals surface area contributed by atoms with Gasteiger partial charge in [-0.05, 0) is 12.1 Å². The highest BCUT2D eigenvalue weighted by Gasteiger charge is 2.20. The first-order valence-electron chi connectivity index (χ1n) is 4.50. The molecule has 1 aliphatic heterocycles. The van der Waals surface area contributed by atoms with Gasteiger partial charge in [-0.2, -0.15) is 0 Å². The maximum absolute atomic E-state index is 11.6. The van der Waals surface area contributed by atoms with Crippen LogP contribution in [0, 0.1) is 0 Å². The number of rotatable bonds is 3. The van der Waals surface area contributed by atoms with Crippen LogP contribution in [0.15, 0.2) is 46.8 Å². The predicted octanol–water partition coefficient (Wildman–Crippen LogP) is 1.57. The highest BCUT2D eigenvalue weighted by atomic mass is 16.5. The molecule has 2 rings (SSSR count). The van der Waals surface area contributed by atoms with Crippen LogP contribution >= 0.6 is 0 Å². The molecule has 0 aromatic heterocycles. The Kier molecular flexibility index (Phi) is 2.49. The lowest BCUT2D eigenvalue weighted by Crippen LogP contribution is -2.20. The van der Waals surface area contributed by atoms with Crippen molar-refractivity contribution in [3.8, 4) is 0 Å². The Morgan fingerprint density at radius 2 is 2.07 bits per heavy atom. The summed E-state index contributed by atoms with van der Waals surface area (Å²) in [5.74, 6) is 0.268. The molecular formula is C11H10N2O2. The molecule has 1 aromatic carbocycles. The number of aliphatic imine (C=N–C) groups is 1. The number of anilines is 1. The van der Waals surface area contributed by atoms with Gasteiger partial charge in [0.05, 0.1) is 13.3 Å². The number of ether oxygens (including phenoxy) is 1. The van der Waals surface area contributed by atoms with Crippen LogP contribution in [0.3, 0.4) is 0 Å². The second-order valence-electron chi connectivity index (χ2n) is 3.00. The van der Waals surface area contributed by atoms with E-state index >= 15 is 0 Å². The number of nitrogens with one attached hydrogen (secondary N) is 1. The maximum Gasteiger partial charge on any atom is 0.278 e. The van der Waals surface area contributed by atoms with Crippen molar-refractivity contribution >= 4 is 17.8 Å². The van der Waals surface area contributed by atoms with E-state index in [1.54, 1.807) is 0 Å². The van der Waals surface area contributed by atoms with E-state index in [0.29, 0.717) is 11.5 Å². The summed E-state index contributed by atoms with van der Waals surface area (Å²) >= 11 is 0. The maximum atomic E-state index is 11.6. The fourth-order valence-electron chi connectivity index (χ4n) is 1.21. The third-order valence-electron chi connectivity index (χ3n) is 2.01. The second-order valence-corrected chi connectivity index (χ2v) is 3.00. The number of para-hydroxylation sites is 1. The molecule has 0 radical (unpaired) electrons. The second kappa shape index (κ2) is 3.96. The Labute approximate surface area is 87.3 Å². The summed E-state index contributed by atoms with van der Waals surface area (Å²) in [5, 5.41) is 2.72. The first-order chi connectivity index (χ1) is 7.31. The van der Waals surface area contributed by atoms with Crippen LogP contribution in [0.1, 0.15) is 0 Å². The number of nitrogens with zero attached hydrogens (tertiary/aromatic N) is 1. The van der Waals surface area contributed by atoms with Crippen LogP contribution in [0.5, 0.6) is 0 Å². The molecule has 1 heterocycles. The predicted molar refractivity (Wildman–Crippen MR) is 57.6 cm³/mol. The molecule has 0 saturated carbocycles. The Morgan fingerprint density at radius 1 is 1.33 bits per heavy atom. The molecule has 4 nitrogen and oxygen atoms in total. The van der Waals surface area contributed by atoms with E-state index in [2.05, 4.69) is 10.3 Å². The van der Waals surface area contributed by atoms with E-state index in [-0.39, 0.29) is 5.91 Å². The molecule has 0 atom stereocenters. The van der Waals surface area contributed by atoms with E-state index < -0.39 is 0 Å². The molecular weight excluding hydrogens is 192 g/mol. The van der Waals surface area contributed by atoms with Crippen LogP contribution in [0.4, 0.5) is 5.69 Å². The first kappa shape index (κ1) is 9.45. The molecule has 4 heteroatoms. The normalized spacial score (nSPS) is 13.4. The summed E-state index contributed by atoms with van der Waals surface area (Å²) in [6, 6.07) is 9.22. The Balaban J connectivity index is 2.06. The van der Waals surface area contributed by atoms with Crippen molar-refractivity contribution in [2.75, 3.05) is 12.4 Å². The summed E-state index contributed by atoms with van der Waals surface area (Å²) in [7, 11) is 1.51. The number of methoxy groups -OCH3 is 1. The van der Waals surface area contributed by atoms with Crippen molar-refractivity contribution in [3.63, 3.8) is 0 Å². The fraction of sp³-hybridized carbons (Fsp3) is 0.0909. The third kappa shape index (κ3) is 1.88. The number of hydrogen-bond donors (Lipinski definition) is 1. The lowest BCUT2D eigenvalue weighted by atomic mass is 10.2. The quantitative estimate of drug-likeness (QED) is 0.808. The molecule has 0 aliphatic carbocycles. The van der Waals surface area contributed by atoms with Gasteiger partial charge in [-0.3, -0.25) is 4.79 Å². The highest BCUT2D eigenvalue weighted by molar-refractivity contribution is 6.11. The fourth-order valence-corrected chi connectivity index (χ4v) is 1.21. The molecule has 0 fully saturated rings. The number of carbonyl (C=O) groups excluding carboxylic acids is 1. The average molecular weight is 202 g/mol. The topological polar surface area (TPSA) is 50.7 Å². The molecule has 1 aromatic rings. The zero-order chi connectivity index (χ0) is 10.7. The number of hydrogen-bond acceptors (Lipinski definition) is 3. The molecule has 0 unspecified atom stereocenters. The average Bonchev–Trinajstić information content (AvgIpc) is 2.18. The van der Waals surface area contributed by atoms with Gasteiger partial charge in [0.15, 0.2) is 11.5 Å². The third-order valence-corrected chi connectivity index (χ3v) is 2.01. The van der Waals surface area contributed by atoms with E-state index in [9.17, 15) is 4.79 Å². The zero-order valence-electron chi connectivity index (χ0n) is 8.23. The first-order valence-corrected chi connectivity index (χ1v) is 4.50. The van der Waals surface area contributed by atoms with Crippen LogP contribution < -0.4 is 5.32 Å². The summed E-state index contributed by atoms with van der Waals surface area (Å²) < 4.78 is 4.93. The van der Waals surface area contributed by atoms with Crippen LogP contribution in [-0.2, 0) is 9.53 Å². The molecule has 1 N–H and O–H groups in total. The van der Waals surface area contributed by atoms with E-state index in [0.717, 1.165) is 5.69 Å². The van der Waals surface area contributed by atoms with Crippen molar-refractivity contribution in [2.45, 2.75) is 0 Å².